The number of hydrogen-bond donors (Lipinski definition) is 0. The largest absolute Gasteiger partial charge is 0.235 e. The lowest BCUT2D eigenvalue weighted by Gasteiger charge is -2.05. The first-order chi connectivity index (χ1) is 4.02. The predicted octanol–water partition coefficient (Wildman–Crippen LogP) is 1.74. The molecule has 0 bridgehead atoms. The SMILES string of the molecule is CCC(CC)S(=O)(=O)Cl. The van der Waals surface area contributed by atoms with Crippen molar-refractivity contribution in [2.75, 3.05) is 0 Å². The molecule has 0 amide bonds. The second-order valence-corrected chi connectivity index (χ2v) is 4.82. The molecule has 0 aromatic carbocycles. The van der Waals surface area contributed by atoms with E-state index in [1.54, 1.807) is 0 Å². The molecule has 4 heteroatoms. The third-order valence-corrected chi connectivity index (χ3v) is 3.53. The second kappa shape index (κ2) is 3.42. The van der Waals surface area contributed by atoms with Gasteiger partial charge in [0.25, 0.3) is 0 Å². The van der Waals surface area contributed by atoms with Crippen LogP contribution in [0, 0.1) is 0 Å². The molecule has 56 valence electrons. The summed E-state index contributed by atoms with van der Waals surface area (Å²) in [5.74, 6) is 0. The molecule has 0 aromatic heterocycles. The molecule has 0 spiro atoms. The quantitative estimate of drug-likeness (QED) is 0.605. The first-order valence-corrected chi connectivity index (χ1v) is 5.33. The molecule has 0 fully saturated rings. The molecule has 0 saturated heterocycles. The smallest absolute Gasteiger partial charge is 0.212 e. The van der Waals surface area contributed by atoms with Gasteiger partial charge in [0.1, 0.15) is 0 Å². The van der Waals surface area contributed by atoms with Gasteiger partial charge in [0.2, 0.25) is 9.05 Å². The zero-order valence-electron chi connectivity index (χ0n) is 5.59. The monoisotopic (exact) mass is 170 g/mol. The fourth-order valence-corrected chi connectivity index (χ4v) is 2.24. The summed E-state index contributed by atoms with van der Waals surface area (Å²) in [6.07, 6.45) is 1.20. The highest BCUT2D eigenvalue weighted by Crippen LogP contribution is 2.13. The Bertz CT molecular complexity index is 158. The van der Waals surface area contributed by atoms with Crippen LogP contribution in [0.25, 0.3) is 0 Å². The van der Waals surface area contributed by atoms with Crippen LogP contribution in [-0.4, -0.2) is 13.7 Å². The van der Waals surface area contributed by atoms with E-state index < -0.39 is 9.05 Å². The van der Waals surface area contributed by atoms with E-state index in [-0.39, 0.29) is 5.25 Å². The fraction of sp³-hybridized carbons (Fsp3) is 1.00. The second-order valence-electron chi connectivity index (χ2n) is 1.91. The third-order valence-electron chi connectivity index (χ3n) is 1.31. The van der Waals surface area contributed by atoms with Gasteiger partial charge in [-0.25, -0.2) is 8.42 Å². The van der Waals surface area contributed by atoms with Crippen molar-refractivity contribution in [3.8, 4) is 0 Å². The fourth-order valence-electron chi connectivity index (χ4n) is 0.687. The lowest BCUT2D eigenvalue weighted by molar-refractivity contribution is 0.586. The van der Waals surface area contributed by atoms with Crippen LogP contribution >= 0.6 is 10.7 Å². The summed E-state index contributed by atoms with van der Waals surface area (Å²) >= 11 is 0. The Morgan fingerprint density at radius 1 is 1.33 bits per heavy atom. The summed E-state index contributed by atoms with van der Waals surface area (Å²) in [4.78, 5) is 0. The van der Waals surface area contributed by atoms with E-state index in [1.165, 1.54) is 0 Å². The molecule has 0 unspecified atom stereocenters. The van der Waals surface area contributed by atoms with Crippen LogP contribution in [0.15, 0.2) is 0 Å². The van der Waals surface area contributed by atoms with Crippen molar-refractivity contribution in [2.24, 2.45) is 0 Å². The molecule has 0 heterocycles. The highest BCUT2D eigenvalue weighted by atomic mass is 35.7. The Labute approximate surface area is 60.6 Å². The number of rotatable bonds is 3. The Hall–Kier alpha value is 0.240. The summed E-state index contributed by atoms with van der Waals surface area (Å²) in [6.45, 7) is 3.63. The van der Waals surface area contributed by atoms with Gasteiger partial charge in [-0.05, 0) is 12.8 Å². The van der Waals surface area contributed by atoms with Gasteiger partial charge in [0, 0.05) is 10.7 Å². The summed E-state index contributed by atoms with van der Waals surface area (Å²) in [5.41, 5.74) is 0. The molecule has 0 N–H and O–H groups in total. The van der Waals surface area contributed by atoms with Gasteiger partial charge < -0.3 is 0 Å². The van der Waals surface area contributed by atoms with Gasteiger partial charge in [-0.3, -0.25) is 0 Å². The van der Waals surface area contributed by atoms with Crippen molar-refractivity contribution in [1.29, 1.82) is 0 Å². The van der Waals surface area contributed by atoms with Crippen molar-refractivity contribution in [3.63, 3.8) is 0 Å². The predicted molar refractivity (Wildman–Crippen MR) is 39.1 cm³/mol. The first-order valence-electron chi connectivity index (χ1n) is 2.95. The van der Waals surface area contributed by atoms with E-state index in [2.05, 4.69) is 0 Å². The topological polar surface area (TPSA) is 34.1 Å². The lowest BCUT2D eigenvalue weighted by atomic mass is 10.3. The Balaban J connectivity index is 4.14. The number of halogens is 1. The zero-order chi connectivity index (χ0) is 7.49. The molecular formula is C5H11ClO2S. The maximum Gasteiger partial charge on any atom is 0.235 e. The highest BCUT2D eigenvalue weighted by Gasteiger charge is 2.17. The average Bonchev–Trinajstić information content (AvgIpc) is 1.65. The molecule has 9 heavy (non-hydrogen) atoms. The number of hydrogen-bond acceptors (Lipinski definition) is 2. The molecule has 0 aliphatic rings. The van der Waals surface area contributed by atoms with E-state index in [0.717, 1.165) is 0 Å². The van der Waals surface area contributed by atoms with E-state index in [4.69, 9.17) is 10.7 Å². The molecule has 0 aliphatic heterocycles. The van der Waals surface area contributed by atoms with Gasteiger partial charge in [-0.2, -0.15) is 0 Å². The van der Waals surface area contributed by atoms with Crippen LogP contribution in [0.1, 0.15) is 26.7 Å². The first kappa shape index (κ1) is 9.24. The van der Waals surface area contributed by atoms with Crippen molar-refractivity contribution >= 4 is 19.7 Å². The van der Waals surface area contributed by atoms with Gasteiger partial charge in [-0.1, -0.05) is 13.8 Å². The molecule has 0 aromatic rings. The van der Waals surface area contributed by atoms with Crippen LogP contribution < -0.4 is 0 Å². The lowest BCUT2D eigenvalue weighted by Crippen LogP contribution is -2.12. The van der Waals surface area contributed by atoms with Crippen LogP contribution in [-0.2, 0) is 9.05 Å². The van der Waals surface area contributed by atoms with Gasteiger partial charge in [-0.15, -0.1) is 0 Å². The Morgan fingerprint density at radius 3 is 1.67 bits per heavy atom. The minimum atomic E-state index is -3.29. The van der Waals surface area contributed by atoms with Gasteiger partial charge >= 0.3 is 0 Å². The minimum absolute atomic E-state index is 0.362. The van der Waals surface area contributed by atoms with Crippen molar-refractivity contribution < 1.29 is 8.42 Å². The Morgan fingerprint density at radius 2 is 1.67 bits per heavy atom. The van der Waals surface area contributed by atoms with Crippen molar-refractivity contribution in [1.82, 2.24) is 0 Å². The Kier molecular flexibility index (Phi) is 3.51. The van der Waals surface area contributed by atoms with E-state index >= 15 is 0 Å². The van der Waals surface area contributed by atoms with Crippen LogP contribution in [0.2, 0.25) is 0 Å². The molecular weight excluding hydrogens is 160 g/mol. The zero-order valence-corrected chi connectivity index (χ0v) is 7.17. The summed E-state index contributed by atoms with van der Waals surface area (Å²) in [6, 6.07) is 0. The normalized spacial score (nSPS) is 12.4. The molecule has 0 atom stereocenters. The van der Waals surface area contributed by atoms with Gasteiger partial charge in [0.15, 0.2) is 0 Å². The maximum absolute atomic E-state index is 10.6. The summed E-state index contributed by atoms with van der Waals surface area (Å²) in [5, 5.41) is -0.362. The van der Waals surface area contributed by atoms with Crippen LogP contribution in [0.4, 0.5) is 0 Å². The van der Waals surface area contributed by atoms with Crippen LogP contribution in [0.3, 0.4) is 0 Å². The minimum Gasteiger partial charge on any atom is -0.212 e. The average molecular weight is 171 g/mol. The van der Waals surface area contributed by atoms with Crippen LogP contribution in [0.5, 0.6) is 0 Å². The standard InChI is InChI=1S/C5H11ClO2S/c1-3-5(4-2)9(6,7)8/h5H,3-4H2,1-2H3. The summed E-state index contributed by atoms with van der Waals surface area (Å²) in [7, 11) is 1.78. The molecule has 0 radical (unpaired) electrons. The highest BCUT2D eigenvalue weighted by molar-refractivity contribution is 8.14. The van der Waals surface area contributed by atoms with E-state index in [9.17, 15) is 8.42 Å². The molecule has 2 nitrogen and oxygen atoms in total. The molecule has 0 saturated carbocycles. The molecule has 0 aliphatic carbocycles. The third kappa shape index (κ3) is 3.06. The summed E-state index contributed by atoms with van der Waals surface area (Å²) < 4.78 is 21.1. The maximum atomic E-state index is 10.6. The van der Waals surface area contributed by atoms with Crippen molar-refractivity contribution in [2.45, 2.75) is 31.9 Å². The van der Waals surface area contributed by atoms with Gasteiger partial charge in [0.05, 0.1) is 5.25 Å². The van der Waals surface area contributed by atoms with Crippen molar-refractivity contribution in [3.05, 3.63) is 0 Å². The van der Waals surface area contributed by atoms with E-state index in [0.29, 0.717) is 12.8 Å². The van der Waals surface area contributed by atoms with E-state index in [1.807, 2.05) is 13.8 Å². The molecule has 0 rings (SSSR count).